The van der Waals surface area contributed by atoms with Crippen molar-refractivity contribution in [3.8, 4) is 0 Å². The van der Waals surface area contributed by atoms with Crippen LogP contribution in [0.15, 0.2) is 0 Å². The Morgan fingerprint density at radius 2 is 1.00 bits per heavy atom. The Hall–Kier alpha value is 0.924. The van der Waals surface area contributed by atoms with E-state index in [1.165, 1.54) is 0 Å². The Balaban J connectivity index is -0.00000000500. The quantitative estimate of drug-likeness (QED) is 0.459. The van der Waals surface area contributed by atoms with E-state index in [2.05, 4.69) is 0 Å². The molecule has 25 valence electrons. The van der Waals surface area contributed by atoms with E-state index in [0.717, 1.165) is 0 Å². The smallest absolute Gasteiger partial charge is 0 e. The third-order valence-corrected chi connectivity index (χ3v) is 0. The van der Waals surface area contributed by atoms with Gasteiger partial charge in [-0.2, -0.15) is 0 Å². The second-order valence-corrected chi connectivity index (χ2v) is 0. The summed E-state index contributed by atoms with van der Waals surface area (Å²) in [5, 5.41) is 0. The molecule has 1 nitrogen and oxygen atoms in total. The van der Waals surface area contributed by atoms with Crippen LogP contribution in [-0.4, -0.2) is 5.48 Å². The van der Waals surface area contributed by atoms with E-state index in [1.54, 1.807) is 0 Å². The third-order valence-electron chi connectivity index (χ3n) is 0. The monoisotopic (exact) mass is 145 g/mol. The molecule has 1 radical (unpaired) electrons. The van der Waals surface area contributed by atoms with Crippen molar-refractivity contribution in [2.75, 3.05) is 0 Å². The van der Waals surface area contributed by atoms with E-state index < -0.39 is 0 Å². The van der Waals surface area contributed by atoms with Gasteiger partial charge in [-0.05, 0) is 0 Å². The van der Waals surface area contributed by atoms with Gasteiger partial charge in [0.15, 0.2) is 0 Å². The van der Waals surface area contributed by atoms with Crippen molar-refractivity contribution in [1.29, 1.82) is 0 Å². The fraction of sp³-hybridized carbons (Fsp3) is 0. The molecule has 0 aromatic heterocycles. The number of hydrogen-bond acceptors (Lipinski definition) is 0. The molecule has 4 heavy (non-hydrogen) atoms. The fourth-order valence-electron chi connectivity index (χ4n) is 0. The maximum atomic E-state index is 8.00. The number of hydrogen-bond donors (Lipinski definition) is 0. The van der Waals surface area contributed by atoms with Crippen LogP contribution in [-0.2, 0) is 32.7 Å². The first-order chi connectivity index (χ1) is 1.00. The summed E-state index contributed by atoms with van der Waals surface area (Å²) in [6.07, 6.45) is 0. The minimum Gasteiger partial charge on any atom is -0.412 e. The Morgan fingerprint density at radius 1 is 1.00 bits per heavy atom. The Bertz CT molecular complexity index is 6.00. The first kappa shape index (κ1) is 20.5. The van der Waals surface area contributed by atoms with Crippen LogP contribution in [0.4, 0.5) is 9.15 Å². The summed E-state index contributed by atoms with van der Waals surface area (Å²) in [5.74, 6) is 0. The van der Waals surface area contributed by atoms with Crippen LogP contribution < -0.4 is 0 Å². The molecular weight excluding hydrogens is 143 g/mol. The molecule has 0 aliphatic rings. The van der Waals surface area contributed by atoms with Gasteiger partial charge in [0.25, 0.3) is 0 Å². The SMILES string of the molecule is FF.O.[Y]. The van der Waals surface area contributed by atoms with E-state index in [4.69, 9.17) is 9.15 Å². The molecule has 0 aromatic carbocycles. The molecule has 0 aliphatic carbocycles. The van der Waals surface area contributed by atoms with Gasteiger partial charge in [0.1, 0.15) is 0 Å². The Kier molecular flexibility index (Phi) is 201. The zero-order valence-electron chi connectivity index (χ0n) is 1.83. The summed E-state index contributed by atoms with van der Waals surface area (Å²) < 4.78 is 16.0. The van der Waals surface area contributed by atoms with Gasteiger partial charge in [0.05, 0.1) is 0 Å². The molecule has 0 saturated heterocycles. The molecular formula is H2F2OY. The number of rotatable bonds is 0. The Labute approximate surface area is 47.4 Å². The van der Waals surface area contributed by atoms with E-state index >= 15 is 0 Å². The van der Waals surface area contributed by atoms with E-state index in [1.807, 2.05) is 0 Å². The van der Waals surface area contributed by atoms with Crippen molar-refractivity contribution in [2.45, 2.75) is 0 Å². The van der Waals surface area contributed by atoms with Crippen LogP contribution in [0.2, 0.25) is 0 Å². The standard InChI is InChI=1S/F2.H2O.Y/c1-2;;/h;1H2;. The Morgan fingerprint density at radius 3 is 1.00 bits per heavy atom. The fourth-order valence-corrected chi connectivity index (χ4v) is 0. The van der Waals surface area contributed by atoms with Crippen LogP contribution in [0.25, 0.3) is 0 Å². The third kappa shape index (κ3) is 12.7. The molecule has 0 atom stereocenters. The van der Waals surface area contributed by atoms with Gasteiger partial charge in [-0.15, -0.1) is 0 Å². The van der Waals surface area contributed by atoms with Crippen LogP contribution in [0.5, 0.6) is 0 Å². The second kappa shape index (κ2) is 39.3. The molecule has 4 heteroatoms. The van der Waals surface area contributed by atoms with Gasteiger partial charge in [0.2, 0.25) is 0 Å². The predicted octanol–water partition coefficient (Wildman–Crippen LogP) is 0.0132. The summed E-state index contributed by atoms with van der Waals surface area (Å²) in [4.78, 5) is 0. The van der Waals surface area contributed by atoms with Gasteiger partial charge in [-0.3, -0.25) is 0 Å². The maximum absolute atomic E-state index is 8.00. The number of halogens is 2. The average molecular weight is 145 g/mol. The zero-order chi connectivity index (χ0) is 2.00. The first-order valence-corrected chi connectivity index (χ1v) is 0.143. The van der Waals surface area contributed by atoms with Crippen molar-refractivity contribution in [3.63, 3.8) is 0 Å². The van der Waals surface area contributed by atoms with Gasteiger partial charge < -0.3 is 5.48 Å². The summed E-state index contributed by atoms with van der Waals surface area (Å²) in [7, 11) is 0. The molecule has 0 amide bonds. The van der Waals surface area contributed by atoms with Crippen LogP contribution in [0.3, 0.4) is 0 Å². The van der Waals surface area contributed by atoms with Gasteiger partial charge in [-0.25, -0.2) is 0 Å². The molecule has 0 unspecified atom stereocenters. The van der Waals surface area contributed by atoms with Crippen LogP contribution in [0, 0.1) is 0 Å². The topological polar surface area (TPSA) is 31.5 Å². The second-order valence-electron chi connectivity index (χ2n) is 0. The first-order valence-electron chi connectivity index (χ1n) is 0.143. The molecule has 0 saturated carbocycles. The molecule has 0 rings (SSSR count). The van der Waals surface area contributed by atoms with E-state index in [9.17, 15) is 0 Å². The van der Waals surface area contributed by atoms with Gasteiger partial charge >= 0.3 is 0 Å². The molecule has 0 bridgehead atoms. The molecule has 0 fully saturated rings. The van der Waals surface area contributed by atoms with Gasteiger partial charge in [-0.1, -0.05) is 0 Å². The molecule has 0 heterocycles. The minimum absolute atomic E-state index is 0. The van der Waals surface area contributed by atoms with Crippen molar-refractivity contribution >= 4 is 0 Å². The largest absolute Gasteiger partial charge is 0.412 e. The van der Waals surface area contributed by atoms with Crippen LogP contribution >= 0.6 is 0 Å². The van der Waals surface area contributed by atoms with Crippen molar-refractivity contribution in [1.82, 2.24) is 0 Å². The predicted molar refractivity (Wildman–Crippen MR) is 5.83 cm³/mol. The molecule has 2 N–H and O–H groups in total. The van der Waals surface area contributed by atoms with E-state index in [-0.39, 0.29) is 38.2 Å². The maximum Gasteiger partial charge on any atom is 0 e. The van der Waals surface area contributed by atoms with E-state index in [0.29, 0.717) is 0 Å². The van der Waals surface area contributed by atoms with Gasteiger partial charge in [0, 0.05) is 41.9 Å². The van der Waals surface area contributed by atoms with Crippen molar-refractivity contribution in [2.24, 2.45) is 0 Å². The minimum atomic E-state index is 0. The summed E-state index contributed by atoms with van der Waals surface area (Å²) in [6, 6.07) is 0. The van der Waals surface area contributed by atoms with Crippen LogP contribution in [0.1, 0.15) is 0 Å². The molecule has 0 aliphatic heterocycles. The average Bonchev–Trinajstić information content (AvgIpc) is 1.00. The molecule has 0 spiro atoms. The summed E-state index contributed by atoms with van der Waals surface area (Å²) >= 11 is 0. The molecule has 0 aromatic rings. The van der Waals surface area contributed by atoms with Crippen molar-refractivity contribution < 1.29 is 47.3 Å². The summed E-state index contributed by atoms with van der Waals surface area (Å²) in [5.41, 5.74) is 0. The zero-order valence-corrected chi connectivity index (χ0v) is 4.67. The van der Waals surface area contributed by atoms with Crippen molar-refractivity contribution in [3.05, 3.63) is 0 Å². The normalized spacial score (nSPS) is 1.50. The summed E-state index contributed by atoms with van der Waals surface area (Å²) in [6.45, 7) is 0.